The second-order valence-corrected chi connectivity index (χ2v) is 10.1. The maximum Gasteiger partial charge on any atom is 0.276 e. The molecule has 1 spiro atoms. The predicted octanol–water partition coefficient (Wildman–Crippen LogP) is 3.23. The van der Waals surface area contributed by atoms with Gasteiger partial charge in [-0.15, -0.1) is 5.10 Å². The number of para-hydroxylation sites is 1. The van der Waals surface area contributed by atoms with Gasteiger partial charge in [0.25, 0.3) is 5.91 Å². The molecule has 1 saturated heterocycles. The molecule has 1 N–H and O–H groups in total. The minimum absolute atomic E-state index is 0.0370. The highest BCUT2D eigenvalue weighted by molar-refractivity contribution is 6.10. The van der Waals surface area contributed by atoms with Crippen LogP contribution < -0.4 is 9.64 Å². The zero-order valence-corrected chi connectivity index (χ0v) is 21.1. The van der Waals surface area contributed by atoms with Gasteiger partial charge in [0.1, 0.15) is 22.6 Å². The lowest BCUT2D eigenvalue weighted by molar-refractivity contribution is -0.124. The highest BCUT2D eigenvalue weighted by Gasteiger charge is 2.61. The largest absolute Gasteiger partial charge is 0.505 e. The van der Waals surface area contributed by atoms with Gasteiger partial charge < -0.3 is 19.6 Å². The van der Waals surface area contributed by atoms with Gasteiger partial charge in [-0.05, 0) is 47.9 Å². The van der Waals surface area contributed by atoms with E-state index in [1.165, 1.54) is 12.3 Å². The van der Waals surface area contributed by atoms with Crippen LogP contribution in [0.3, 0.4) is 0 Å². The van der Waals surface area contributed by atoms with E-state index in [9.17, 15) is 14.7 Å². The van der Waals surface area contributed by atoms with Crippen LogP contribution in [-0.4, -0.2) is 55.0 Å². The van der Waals surface area contributed by atoms with Gasteiger partial charge in [0.2, 0.25) is 5.91 Å². The minimum Gasteiger partial charge on any atom is -0.505 e. The second-order valence-electron chi connectivity index (χ2n) is 10.1. The van der Waals surface area contributed by atoms with Gasteiger partial charge in [0.15, 0.2) is 5.69 Å². The number of hydrogen-bond donors (Lipinski definition) is 1. The van der Waals surface area contributed by atoms with Gasteiger partial charge in [0, 0.05) is 31.4 Å². The molecule has 4 aromatic rings. The molecular formula is C29H26N6O4. The maximum absolute atomic E-state index is 14.6. The zero-order valence-electron chi connectivity index (χ0n) is 21.1. The van der Waals surface area contributed by atoms with Crippen molar-refractivity contribution in [3.8, 4) is 11.5 Å². The first-order valence-electron chi connectivity index (χ1n) is 13.0. The molecule has 2 amide bonds. The molecule has 7 rings (SSSR count). The SMILES string of the molecule is O=C(c1ncccc1O)N1CC[C@@]23C(=O)N(Cc4cn(nn4)CCCOc4cccc(c4)[C@H]12)c1ccccc13. The van der Waals surface area contributed by atoms with Crippen molar-refractivity contribution in [2.75, 3.05) is 18.1 Å². The van der Waals surface area contributed by atoms with Gasteiger partial charge in [-0.1, -0.05) is 35.5 Å². The Balaban J connectivity index is 1.43. The van der Waals surface area contributed by atoms with E-state index in [1.54, 1.807) is 20.5 Å². The number of aromatic hydroxyl groups is 1. The molecule has 0 radical (unpaired) electrons. The summed E-state index contributed by atoms with van der Waals surface area (Å²) in [4.78, 5) is 36.2. The molecule has 2 aromatic carbocycles. The van der Waals surface area contributed by atoms with E-state index in [-0.39, 0.29) is 23.9 Å². The number of likely N-dealkylation sites (tertiary alicyclic amines) is 1. The third-order valence-electron chi connectivity index (χ3n) is 7.96. The lowest BCUT2D eigenvalue weighted by Crippen LogP contribution is -2.45. The fraction of sp³-hybridized carbons (Fsp3) is 0.276. The monoisotopic (exact) mass is 522 g/mol. The molecule has 6 bridgehead atoms. The quantitative estimate of drug-likeness (QED) is 0.408. The maximum atomic E-state index is 14.6. The molecule has 0 aliphatic carbocycles. The summed E-state index contributed by atoms with van der Waals surface area (Å²) in [5, 5.41) is 19.1. The summed E-state index contributed by atoms with van der Waals surface area (Å²) >= 11 is 0. The Kier molecular flexibility index (Phi) is 5.36. The number of anilines is 1. The van der Waals surface area contributed by atoms with Crippen LogP contribution in [0, 0.1) is 0 Å². The fourth-order valence-electron chi connectivity index (χ4n) is 6.30. The van der Waals surface area contributed by atoms with E-state index in [1.807, 2.05) is 54.7 Å². The van der Waals surface area contributed by atoms with E-state index >= 15 is 0 Å². The fourth-order valence-corrected chi connectivity index (χ4v) is 6.30. The van der Waals surface area contributed by atoms with Gasteiger partial charge in [0.05, 0.1) is 25.4 Å². The zero-order chi connectivity index (χ0) is 26.6. The Morgan fingerprint density at radius 2 is 1.97 bits per heavy atom. The van der Waals surface area contributed by atoms with Gasteiger partial charge in [-0.2, -0.15) is 0 Å². The predicted molar refractivity (Wildman–Crippen MR) is 140 cm³/mol. The van der Waals surface area contributed by atoms with Crippen molar-refractivity contribution in [3.63, 3.8) is 0 Å². The van der Waals surface area contributed by atoms with Gasteiger partial charge >= 0.3 is 0 Å². The van der Waals surface area contributed by atoms with E-state index < -0.39 is 17.4 Å². The van der Waals surface area contributed by atoms with E-state index in [2.05, 4.69) is 15.3 Å². The first-order chi connectivity index (χ1) is 19.1. The number of fused-ring (bicyclic) bond motifs is 8. The van der Waals surface area contributed by atoms with Crippen LogP contribution in [0.1, 0.15) is 46.2 Å². The topological polar surface area (TPSA) is 114 Å². The van der Waals surface area contributed by atoms with E-state index in [0.717, 1.165) is 23.2 Å². The third-order valence-corrected chi connectivity index (χ3v) is 7.96. The lowest BCUT2D eigenvalue weighted by Gasteiger charge is -2.35. The summed E-state index contributed by atoms with van der Waals surface area (Å²) in [6.45, 7) is 1.71. The van der Waals surface area contributed by atoms with Crippen LogP contribution in [0.5, 0.6) is 11.5 Å². The number of aryl methyl sites for hydroxylation is 1. The molecule has 5 heterocycles. The summed E-state index contributed by atoms with van der Waals surface area (Å²) in [5.41, 5.74) is 2.07. The molecule has 2 atom stereocenters. The Hall–Kier alpha value is -4.73. The Labute approximate surface area is 224 Å². The van der Waals surface area contributed by atoms with Gasteiger partial charge in [-0.3, -0.25) is 14.3 Å². The Morgan fingerprint density at radius 3 is 2.87 bits per heavy atom. The summed E-state index contributed by atoms with van der Waals surface area (Å²) < 4.78 is 7.85. The summed E-state index contributed by atoms with van der Waals surface area (Å²) in [6, 6.07) is 17.8. The molecule has 1 fully saturated rings. The van der Waals surface area contributed by atoms with Crippen molar-refractivity contribution in [3.05, 3.63) is 95.6 Å². The number of hydrogen-bond acceptors (Lipinski definition) is 7. The summed E-state index contributed by atoms with van der Waals surface area (Å²) in [7, 11) is 0. The molecule has 3 aliphatic heterocycles. The molecule has 196 valence electrons. The smallest absolute Gasteiger partial charge is 0.276 e. The number of amides is 2. The molecule has 0 saturated carbocycles. The van der Waals surface area contributed by atoms with Crippen molar-refractivity contribution in [1.29, 1.82) is 0 Å². The first-order valence-corrected chi connectivity index (χ1v) is 13.0. The van der Waals surface area contributed by atoms with E-state index in [4.69, 9.17) is 4.74 Å². The van der Waals surface area contributed by atoms with E-state index in [0.29, 0.717) is 37.6 Å². The average Bonchev–Trinajstić information content (AvgIpc) is 3.64. The Morgan fingerprint density at radius 1 is 1.08 bits per heavy atom. The number of carbonyl (C=O) groups is 2. The van der Waals surface area contributed by atoms with Crippen molar-refractivity contribution in [1.82, 2.24) is 24.9 Å². The van der Waals surface area contributed by atoms with Crippen LogP contribution in [0.15, 0.2) is 73.1 Å². The molecule has 10 nitrogen and oxygen atoms in total. The minimum atomic E-state index is -1.04. The number of nitrogens with zero attached hydrogens (tertiary/aromatic N) is 6. The molecule has 10 heteroatoms. The van der Waals surface area contributed by atoms with Crippen LogP contribution in [0.25, 0.3) is 0 Å². The van der Waals surface area contributed by atoms with Crippen molar-refractivity contribution in [2.24, 2.45) is 0 Å². The molecular weight excluding hydrogens is 496 g/mol. The first kappa shape index (κ1) is 23.4. The third kappa shape index (κ3) is 3.58. The molecule has 2 aromatic heterocycles. The highest BCUT2D eigenvalue weighted by Crippen LogP contribution is 2.57. The van der Waals surface area contributed by atoms with Crippen LogP contribution in [-0.2, 0) is 23.3 Å². The highest BCUT2D eigenvalue weighted by atomic mass is 16.5. The number of ether oxygens (including phenoxy) is 1. The molecule has 0 unspecified atom stereocenters. The second kappa shape index (κ2) is 8.93. The number of aromatic nitrogens is 4. The molecule has 3 aliphatic rings. The number of benzene rings is 2. The standard InChI is InChI=1S/C29H26N6O4/c36-24-10-4-12-30-25(24)27(37)34-14-11-29-22-8-1-2-9-23(22)35(28(29)38)18-20-17-33(32-31-20)13-5-15-39-21-7-3-6-19(16-21)26(29)34/h1-4,6-10,12,16-17,26,36H,5,11,13-15,18H2/t26-,29-/m0/s1. The van der Waals surface area contributed by atoms with Crippen molar-refractivity contribution >= 4 is 17.5 Å². The van der Waals surface area contributed by atoms with Crippen molar-refractivity contribution in [2.45, 2.75) is 37.4 Å². The normalized spacial score (nSPS) is 21.9. The van der Waals surface area contributed by atoms with Crippen LogP contribution in [0.4, 0.5) is 5.69 Å². The summed E-state index contributed by atoms with van der Waals surface area (Å²) in [6.07, 6.45) is 4.50. The lowest BCUT2D eigenvalue weighted by atomic mass is 9.72. The van der Waals surface area contributed by atoms with Crippen molar-refractivity contribution < 1.29 is 19.4 Å². The Bertz CT molecular complexity index is 1600. The summed E-state index contributed by atoms with van der Waals surface area (Å²) in [5.74, 6) is -0.0521. The number of carbonyl (C=O) groups excluding carboxylic acids is 2. The average molecular weight is 523 g/mol. The molecule has 39 heavy (non-hydrogen) atoms. The van der Waals surface area contributed by atoms with Crippen LogP contribution >= 0.6 is 0 Å². The van der Waals surface area contributed by atoms with Crippen LogP contribution in [0.2, 0.25) is 0 Å². The van der Waals surface area contributed by atoms with Gasteiger partial charge in [-0.25, -0.2) is 4.98 Å². The number of rotatable bonds is 1. The number of pyridine rings is 1.